The molecule has 0 spiro atoms. The van der Waals surface area contributed by atoms with E-state index in [2.05, 4.69) is 4.98 Å². The number of hydrogen-bond acceptors (Lipinski definition) is 4. The van der Waals surface area contributed by atoms with Crippen molar-refractivity contribution in [2.24, 2.45) is 11.3 Å². The number of halogens is 4. The average molecular weight is 506 g/mol. The maximum absolute atomic E-state index is 14.7. The third-order valence-corrected chi connectivity index (χ3v) is 6.71. The maximum atomic E-state index is 14.7. The smallest absolute Gasteiger partial charge is 0.401 e. The highest BCUT2D eigenvalue weighted by molar-refractivity contribution is 5.87. The molecule has 1 aliphatic rings. The molecule has 0 saturated carbocycles. The largest absolute Gasteiger partial charge is 0.477 e. The number of hydrogen-bond donors (Lipinski definition) is 1. The van der Waals surface area contributed by atoms with Gasteiger partial charge in [0.05, 0.1) is 23.0 Å². The lowest BCUT2D eigenvalue weighted by molar-refractivity contribution is -0.231. The number of carbonyl (C=O) groups is 1. The first kappa shape index (κ1) is 25.1. The van der Waals surface area contributed by atoms with Crippen molar-refractivity contribution in [2.75, 3.05) is 0 Å². The molecule has 2 unspecified atom stereocenters. The summed E-state index contributed by atoms with van der Waals surface area (Å²) in [7, 11) is 0. The Hall–Kier alpha value is -3.96. The Labute approximate surface area is 201 Å². The van der Waals surface area contributed by atoms with Crippen molar-refractivity contribution in [3.63, 3.8) is 0 Å². The van der Waals surface area contributed by atoms with E-state index < -0.39 is 59.1 Å². The third kappa shape index (κ3) is 3.76. The third-order valence-electron chi connectivity index (χ3n) is 6.71. The van der Waals surface area contributed by atoms with E-state index in [1.165, 1.54) is 12.1 Å². The number of aryl methyl sites for hydroxylation is 1. The Bertz CT molecular complexity index is 1530. The molecule has 1 aliphatic carbocycles. The molecule has 190 valence electrons. The lowest BCUT2D eigenvalue weighted by Crippen LogP contribution is -2.50. The number of nitrogens with zero attached hydrogens (tertiary/aromatic N) is 4. The summed E-state index contributed by atoms with van der Waals surface area (Å²) in [4.78, 5) is 42.3. The van der Waals surface area contributed by atoms with Crippen molar-refractivity contribution >= 4 is 17.0 Å². The second-order valence-corrected chi connectivity index (χ2v) is 8.45. The Kier molecular flexibility index (Phi) is 6.23. The molecular formula is C24H22F4N4O4. The number of carboxylic acids is 1. The Morgan fingerprint density at radius 2 is 1.94 bits per heavy atom. The van der Waals surface area contributed by atoms with Crippen LogP contribution >= 0.6 is 0 Å². The molecule has 0 radical (unpaired) electrons. The quantitative estimate of drug-likeness (QED) is 0.509. The molecule has 1 aromatic carbocycles. The highest BCUT2D eigenvalue weighted by Crippen LogP contribution is 2.54. The first-order valence-electron chi connectivity index (χ1n) is 11.1. The summed E-state index contributed by atoms with van der Waals surface area (Å²) in [5, 5.41) is 9.58. The van der Waals surface area contributed by atoms with Gasteiger partial charge in [-0.15, -0.1) is 0 Å². The molecule has 0 aliphatic heterocycles. The lowest BCUT2D eigenvalue weighted by atomic mass is 9.69. The Morgan fingerprint density at radius 3 is 2.56 bits per heavy atom. The van der Waals surface area contributed by atoms with Gasteiger partial charge in [-0.2, -0.15) is 13.2 Å². The molecule has 0 bridgehead atoms. The van der Waals surface area contributed by atoms with Crippen LogP contribution in [0.5, 0.6) is 0 Å². The zero-order chi connectivity index (χ0) is 26.4. The van der Waals surface area contributed by atoms with Gasteiger partial charge in [0.15, 0.2) is 0 Å². The number of aromatic nitrogens is 4. The van der Waals surface area contributed by atoms with Gasteiger partial charge in [0, 0.05) is 25.2 Å². The Balaban J connectivity index is 1.91. The summed E-state index contributed by atoms with van der Waals surface area (Å²) in [5.74, 6) is -4.77. The highest BCUT2D eigenvalue weighted by Gasteiger charge is 2.61. The molecule has 12 heteroatoms. The van der Waals surface area contributed by atoms with Gasteiger partial charge in [0.25, 0.3) is 5.56 Å². The van der Waals surface area contributed by atoms with Crippen molar-refractivity contribution in [2.45, 2.75) is 39.5 Å². The predicted molar refractivity (Wildman–Crippen MR) is 123 cm³/mol. The van der Waals surface area contributed by atoms with Crippen molar-refractivity contribution in [1.29, 1.82) is 0 Å². The van der Waals surface area contributed by atoms with E-state index >= 15 is 0 Å². The van der Waals surface area contributed by atoms with Gasteiger partial charge in [-0.05, 0) is 37.6 Å². The van der Waals surface area contributed by atoms with Crippen LogP contribution in [0.3, 0.4) is 0 Å². The fourth-order valence-corrected chi connectivity index (χ4v) is 4.70. The molecule has 0 fully saturated rings. The van der Waals surface area contributed by atoms with E-state index in [1.54, 1.807) is 12.4 Å². The number of carboxylic acid groups (broad SMARTS) is 1. The molecule has 2 atom stereocenters. The maximum Gasteiger partial charge on any atom is 0.401 e. The fourth-order valence-electron chi connectivity index (χ4n) is 4.70. The van der Waals surface area contributed by atoms with E-state index in [9.17, 15) is 37.1 Å². The standard InChI is InChI=1S/C24H22F4N4O4/c1-3-23(24(26,27)28)14(6-5-7-19(23)25)11-32-20(33)16(21(34)35)12-31(22(32)36)15-8-9-18-17(10-15)29-13-30(18)4-2/h5-10,12-14H,3-4,11H2,1-2H3,(H,34,35). The minimum absolute atomic E-state index is 0.160. The van der Waals surface area contributed by atoms with E-state index in [4.69, 9.17) is 0 Å². The first-order chi connectivity index (χ1) is 17.0. The molecule has 36 heavy (non-hydrogen) atoms. The molecule has 2 aromatic heterocycles. The normalized spacial score (nSPS) is 20.1. The molecule has 3 aromatic rings. The molecule has 0 saturated heterocycles. The first-order valence-corrected chi connectivity index (χ1v) is 11.1. The van der Waals surface area contributed by atoms with Gasteiger partial charge < -0.3 is 9.67 Å². The van der Waals surface area contributed by atoms with Crippen LogP contribution in [0.2, 0.25) is 0 Å². The topological polar surface area (TPSA) is 99.1 Å². The predicted octanol–water partition coefficient (Wildman–Crippen LogP) is 4.07. The fraction of sp³-hybridized carbons (Fsp3) is 0.333. The number of benzene rings is 1. The zero-order valence-electron chi connectivity index (χ0n) is 19.3. The van der Waals surface area contributed by atoms with Gasteiger partial charge >= 0.3 is 17.8 Å². The summed E-state index contributed by atoms with van der Waals surface area (Å²) < 4.78 is 60.3. The average Bonchev–Trinajstić information content (AvgIpc) is 3.23. The number of allylic oxidation sites excluding steroid dienone is 4. The van der Waals surface area contributed by atoms with E-state index in [0.29, 0.717) is 22.7 Å². The summed E-state index contributed by atoms with van der Waals surface area (Å²) in [6, 6.07) is 4.66. The van der Waals surface area contributed by atoms with Crippen molar-refractivity contribution in [1.82, 2.24) is 18.7 Å². The van der Waals surface area contributed by atoms with Gasteiger partial charge in [0.2, 0.25) is 0 Å². The Morgan fingerprint density at radius 1 is 1.22 bits per heavy atom. The van der Waals surface area contributed by atoms with Crippen LogP contribution in [0, 0.1) is 11.3 Å². The highest BCUT2D eigenvalue weighted by atomic mass is 19.4. The second kappa shape index (κ2) is 8.92. The van der Waals surface area contributed by atoms with Gasteiger partial charge in [-0.3, -0.25) is 13.9 Å². The van der Waals surface area contributed by atoms with E-state index in [0.717, 1.165) is 35.4 Å². The summed E-state index contributed by atoms with van der Waals surface area (Å²) in [6.07, 6.45) is -0.447. The summed E-state index contributed by atoms with van der Waals surface area (Å²) in [5.41, 5.74) is -4.74. The molecule has 1 N–H and O–H groups in total. The molecule has 8 nitrogen and oxygen atoms in total. The van der Waals surface area contributed by atoms with Crippen molar-refractivity contribution < 1.29 is 27.5 Å². The van der Waals surface area contributed by atoms with Crippen LogP contribution in [-0.4, -0.2) is 35.9 Å². The molecular weight excluding hydrogens is 484 g/mol. The minimum atomic E-state index is -5.03. The van der Waals surface area contributed by atoms with Crippen LogP contribution in [0.25, 0.3) is 16.7 Å². The number of aromatic carboxylic acids is 1. The number of imidazole rings is 1. The summed E-state index contributed by atoms with van der Waals surface area (Å²) in [6.45, 7) is 2.81. The van der Waals surface area contributed by atoms with E-state index in [1.807, 2.05) is 11.5 Å². The van der Waals surface area contributed by atoms with Gasteiger partial charge in [0.1, 0.15) is 16.8 Å². The van der Waals surface area contributed by atoms with Crippen LogP contribution in [0.1, 0.15) is 30.6 Å². The van der Waals surface area contributed by atoms with Gasteiger partial charge in [-0.1, -0.05) is 19.1 Å². The second-order valence-electron chi connectivity index (χ2n) is 8.45. The number of fused-ring (bicyclic) bond motifs is 1. The zero-order valence-corrected chi connectivity index (χ0v) is 19.3. The number of alkyl halides is 3. The van der Waals surface area contributed by atoms with Crippen molar-refractivity contribution in [3.8, 4) is 5.69 Å². The SMILES string of the molecule is CCn1cnc2cc(-n3cc(C(=O)O)c(=O)n(CC4C=CC=C(F)C4(CC)C(F)(F)F)c3=O)ccc21. The summed E-state index contributed by atoms with van der Waals surface area (Å²) >= 11 is 0. The monoisotopic (exact) mass is 506 g/mol. The minimum Gasteiger partial charge on any atom is -0.477 e. The molecule has 4 rings (SSSR count). The molecule has 0 amide bonds. The van der Waals surface area contributed by atoms with Crippen LogP contribution in [0.4, 0.5) is 17.6 Å². The van der Waals surface area contributed by atoms with Crippen LogP contribution in [-0.2, 0) is 13.1 Å². The van der Waals surface area contributed by atoms with Crippen LogP contribution < -0.4 is 11.2 Å². The van der Waals surface area contributed by atoms with Gasteiger partial charge in [-0.25, -0.2) is 19.0 Å². The molecule has 2 heterocycles. The van der Waals surface area contributed by atoms with Crippen LogP contribution in [0.15, 0.2) is 64.4 Å². The van der Waals surface area contributed by atoms with Crippen molar-refractivity contribution in [3.05, 3.63) is 81.2 Å². The lowest BCUT2D eigenvalue weighted by Gasteiger charge is -2.40. The number of rotatable bonds is 6. The van der Waals surface area contributed by atoms with E-state index in [-0.39, 0.29) is 5.69 Å².